The fraction of sp³-hybridized carbons (Fsp3) is 0. The molecule has 0 unspecified atom stereocenters. The zero-order chi connectivity index (χ0) is 0. The van der Waals surface area contributed by atoms with Gasteiger partial charge in [0.15, 0.2) is 0 Å². The van der Waals surface area contributed by atoms with Crippen LogP contribution >= 0.6 is 17.0 Å². The molecule has 0 aliphatic heterocycles. The second-order valence-electron chi connectivity index (χ2n) is 0. The van der Waals surface area contributed by atoms with Crippen molar-refractivity contribution in [3.63, 3.8) is 0 Å². The topological polar surface area (TPSA) is 0 Å². The maximum absolute atomic E-state index is 0. The fourth-order valence-corrected chi connectivity index (χ4v) is 0. The van der Waals surface area contributed by atoms with E-state index in [1.165, 1.54) is 0 Å². The van der Waals surface area contributed by atoms with Gasteiger partial charge in [0.25, 0.3) is 0 Å². The van der Waals surface area contributed by atoms with Gasteiger partial charge < -0.3 is 84.9 Å². The van der Waals surface area contributed by atoms with E-state index in [1.807, 2.05) is 0 Å². The number of hydrogen-bond acceptors (Lipinski definition) is 0. The standard InChI is InChI=1S/6BrH.Ir.2K/h6*1H;;;/q;;;;;;+3;2*+1/p-5. The van der Waals surface area contributed by atoms with Crippen LogP contribution < -0.4 is 188 Å². The predicted molar refractivity (Wildman–Crippen MR) is 10.3 cm³/mol. The van der Waals surface area contributed by atoms with Gasteiger partial charge in [0, 0.05) is 0 Å². The van der Waals surface area contributed by atoms with Gasteiger partial charge in [0.05, 0.1) is 0 Å². The second-order valence-corrected chi connectivity index (χ2v) is 0. The summed E-state index contributed by atoms with van der Waals surface area (Å²) in [6.45, 7) is 0. The molecule has 0 bridgehead atoms. The van der Waals surface area contributed by atoms with Gasteiger partial charge in [-0.25, -0.2) is 0 Å². The molecule has 0 rings (SSSR count). The van der Waals surface area contributed by atoms with E-state index in [0.717, 1.165) is 0 Å². The van der Waals surface area contributed by atoms with Crippen molar-refractivity contribution < 1.29 is 208 Å². The van der Waals surface area contributed by atoms with Gasteiger partial charge in [-0.3, -0.25) is 0 Å². The van der Waals surface area contributed by atoms with Crippen molar-refractivity contribution in [1.29, 1.82) is 0 Å². The minimum absolute atomic E-state index is 0. The van der Waals surface area contributed by atoms with Crippen molar-refractivity contribution in [1.82, 2.24) is 0 Å². The summed E-state index contributed by atoms with van der Waals surface area (Å²) in [4.78, 5) is 0. The maximum Gasteiger partial charge on any atom is 3.00 e. The Bertz CT molecular complexity index is 11.0. The summed E-state index contributed by atoms with van der Waals surface area (Å²) >= 11 is 0. The summed E-state index contributed by atoms with van der Waals surface area (Å²) in [6.07, 6.45) is 0. The van der Waals surface area contributed by atoms with Crippen LogP contribution in [0.2, 0.25) is 0 Å². The van der Waals surface area contributed by atoms with Gasteiger partial charge in [-0.05, 0) is 0 Å². The van der Waals surface area contributed by atoms with Crippen LogP contribution in [0.4, 0.5) is 0 Å². The summed E-state index contributed by atoms with van der Waals surface area (Å²) in [7, 11) is 0. The third-order valence-corrected chi connectivity index (χ3v) is 0. The molecule has 0 amide bonds. The zero-order valence-electron chi connectivity index (χ0n) is 4.63. The molecule has 9 heteroatoms. The molecular weight excluding hydrogens is 750 g/mol. The Balaban J connectivity index is 0. The molecule has 0 saturated heterocycles. The van der Waals surface area contributed by atoms with E-state index in [9.17, 15) is 0 Å². The Morgan fingerprint density at radius 1 is 0.444 bits per heavy atom. The first kappa shape index (κ1) is 74.8. The van der Waals surface area contributed by atoms with Gasteiger partial charge in [-0.2, -0.15) is 0 Å². The van der Waals surface area contributed by atoms with Crippen LogP contribution in [0.3, 0.4) is 0 Å². The van der Waals surface area contributed by atoms with E-state index < -0.39 is 0 Å². The van der Waals surface area contributed by atoms with E-state index in [1.54, 1.807) is 0 Å². The third kappa shape index (κ3) is 52.4. The smallest absolute Gasteiger partial charge is 1.00 e. The predicted octanol–water partition coefficient (Wildman–Crippen LogP) is -20.4. The van der Waals surface area contributed by atoms with E-state index in [-0.39, 0.29) is 225 Å². The van der Waals surface area contributed by atoms with Crippen molar-refractivity contribution in [2.45, 2.75) is 0 Å². The van der Waals surface area contributed by atoms with E-state index in [0.29, 0.717) is 0 Å². The number of hydrogen-bond donors (Lipinski definition) is 0. The monoisotopic (exact) mass is 745 g/mol. The fourth-order valence-electron chi connectivity index (χ4n) is 0. The van der Waals surface area contributed by atoms with Crippen LogP contribution in [-0.2, 0) is 20.1 Å². The van der Waals surface area contributed by atoms with E-state index >= 15 is 0 Å². The molecule has 0 heterocycles. The normalized spacial score (nSPS) is 0. The van der Waals surface area contributed by atoms with Gasteiger partial charge in [-0.1, -0.05) is 0 Å². The van der Waals surface area contributed by atoms with Gasteiger partial charge in [0.2, 0.25) is 0 Å². The Hall–Kier alpha value is 6.80. The minimum atomic E-state index is 0. The van der Waals surface area contributed by atoms with Crippen molar-refractivity contribution in [2.75, 3.05) is 0 Å². The molecule has 9 heavy (non-hydrogen) atoms. The molecule has 0 nitrogen and oxygen atoms in total. The van der Waals surface area contributed by atoms with Crippen molar-refractivity contribution >= 4 is 17.0 Å². The van der Waals surface area contributed by atoms with Gasteiger partial charge in [-0.15, -0.1) is 17.0 Å². The first-order valence-corrected chi connectivity index (χ1v) is 0. The summed E-state index contributed by atoms with van der Waals surface area (Å²) in [5.41, 5.74) is 0. The van der Waals surface area contributed by atoms with Crippen LogP contribution in [-0.4, -0.2) is 0 Å². The third-order valence-electron chi connectivity index (χ3n) is 0. The quantitative estimate of drug-likeness (QED) is 0.216. The summed E-state index contributed by atoms with van der Waals surface area (Å²) in [6, 6.07) is 0. The first-order valence-electron chi connectivity index (χ1n) is 0. The molecule has 0 saturated carbocycles. The average Bonchev–Trinajstić information content (AvgIpc) is 0. The van der Waals surface area contributed by atoms with Crippen molar-refractivity contribution in [3.05, 3.63) is 0 Å². The molecule has 0 aliphatic carbocycles. The largest absolute Gasteiger partial charge is 3.00 e. The van der Waals surface area contributed by atoms with Crippen molar-refractivity contribution in [3.8, 4) is 0 Å². The molecule has 0 N–H and O–H groups in total. The Labute approximate surface area is 218 Å². The molecule has 0 aromatic carbocycles. The molecule has 0 aliphatic rings. The minimum Gasteiger partial charge on any atom is -1.00 e. The summed E-state index contributed by atoms with van der Waals surface area (Å²) in [5, 5.41) is 0. The maximum atomic E-state index is 0. The summed E-state index contributed by atoms with van der Waals surface area (Å²) in [5.74, 6) is 0. The molecule has 0 aromatic rings. The molecule has 0 radical (unpaired) electrons. The number of halogens is 6. The second kappa shape index (κ2) is 60.9. The first-order chi connectivity index (χ1) is 0. The van der Waals surface area contributed by atoms with Gasteiger partial charge >= 0.3 is 123 Å². The van der Waals surface area contributed by atoms with Crippen molar-refractivity contribution in [2.24, 2.45) is 0 Å². The van der Waals surface area contributed by atoms with Crippen LogP contribution in [0.1, 0.15) is 0 Å². The Kier molecular flexibility index (Phi) is 507. The molecule has 0 fully saturated rings. The molecule has 0 aromatic heterocycles. The SMILES string of the molecule is Br.[Br-].[Br-].[Br-].[Br-].[Br-].[Ir+3].[K+].[K+]. The van der Waals surface area contributed by atoms with Crippen LogP contribution in [0.15, 0.2) is 0 Å². The van der Waals surface area contributed by atoms with Gasteiger partial charge in [0.1, 0.15) is 0 Å². The molecule has 54 valence electrons. The Morgan fingerprint density at radius 3 is 0.444 bits per heavy atom. The molecule has 0 atom stereocenters. The Morgan fingerprint density at radius 2 is 0.444 bits per heavy atom. The number of rotatable bonds is 0. The van der Waals surface area contributed by atoms with Crippen LogP contribution in [0, 0.1) is 0 Å². The van der Waals surface area contributed by atoms with Crippen LogP contribution in [0.25, 0.3) is 0 Å². The zero-order valence-corrected chi connectivity index (χ0v) is 22.9. The van der Waals surface area contributed by atoms with E-state index in [4.69, 9.17) is 0 Å². The van der Waals surface area contributed by atoms with E-state index in [2.05, 4.69) is 0 Å². The average molecular weight is 751 g/mol. The molecular formula is HBr6IrK2. The molecule has 0 spiro atoms. The van der Waals surface area contributed by atoms with Crippen LogP contribution in [0.5, 0.6) is 0 Å². The summed E-state index contributed by atoms with van der Waals surface area (Å²) < 4.78 is 0.